The molecular formula is C17H26N4O3S. The monoisotopic (exact) mass is 366 g/mol. The topological polar surface area (TPSA) is 75.2 Å². The zero-order chi connectivity index (χ0) is 18.1. The Balaban J connectivity index is 1.85. The first-order valence-electron chi connectivity index (χ1n) is 8.20. The Labute approximate surface area is 153 Å². The number of nitrogens with zero attached hydrogens (tertiary/aromatic N) is 2. The molecule has 1 heterocycles. The number of likely N-dealkylation sites (N-methyl/N-ethyl adjacent to an activating group) is 1. The number of fused-ring (bicyclic) bond motifs is 1. The van der Waals surface area contributed by atoms with Gasteiger partial charge in [-0.05, 0) is 30.4 Å². The van der Waals surface area contributed by atoms with Gasteiger partial charge in [-0.25, -0.2) is 4.99 Å². The van der Waals surface area contributed by atoms with Crippen molar-refractivity contribution in [3.05, 3.63) is 23.8 Å². The standard InChI is InChI=1S/C17H26N4O3S/c1-21(2)16(22)11-20-17(19-8-9-25-3)18-7-6-13-4-5-14-15(10-13)24-12-23-14/h4-5,10H,6-9,11-12H2,1-3H3,(H2,18,19,20). The van der Waals surface area contributed by atoms with Crippen LogP contribution in [0, 0.1) is 0 Å². The van der Waals surface area contributed by atoms with E-state index in [-0.39, 0.29) is 19.2 Å². The summed E-state index contributed by atoms with van der Waals surface area (Å²) in [6.07, 6.45) is 2.88. The van der Waals surface area contributed by atoms with Crippen LogP contribution in [0.15, 0.2) is 23.2 Å². The number of rotatable bonds is 8. The normalized spacial score (nSPS) is 12.8. The van der Waals surface area contributed by atoms with Gasteiger partial charge in [0, 0.05) is 32.9 Å². The van der Waals surface area contributed by atoms with Crippen molar-refractivity contribution in [1.29, 1.82) is 0 Å². The maximum absolute atomic E-state index is 11.7. The van der Waals surface area contributed by atoms with Crippen LogP contribution in [0.3, 0.4) is 0 Å². The van der Waals surface area contributed by atoms with Crippen molar-refractivity contribution < 1.29 is 14.3 Å². The van der Waals surface area contributed by atoms with Gasteiger partial charge in [0.05, 0.1) is 0 Å². The van der Waals surface area contributed by atoms with Crippen LogP contribution in [-0.2, 0) is 11.2 Å². The van der Waals surface area contributed by atoms with E-state index in [4.69, 9.17) is 9.47 Å². The van der Waals surface area contributed by atoms with Crippen molar-refractivity contribution in [3.8, 4) is 11.5 Å². The Kier molecular flexibility index (Phi) is 7.72. The van der Waals surface area contributed by atoms with Gasteiger partial charge in [-0.1, -0.05) is 6.07 Å². The number of thioether (sulfide) groups is 1. The summed E-state index contributed by atoms with van der Waals surface area (Å²) in [5.74, 6) is 3.19. The van der Waals surface area contributed by atoms with E-state index < -0.39 is 0 Å². The molecule has 1 aromatic carbocycles. The summed E-state index contributed by atoms with van der Waals surface area (Å²) < 4.78 is 10.7. The van der Waals surface area contributed by atoms with Crippen molar-refractivity contribution in [3.63, 3.8) is 0 Å². The Bertz CT molecular complexity index is 608. The number of guanidine groups is 1. The van der Waals surface area contributed by atoms with Crippen molar-refractivity contribution in [1.82, 2.24) is 15.5 Å². The zero-order valence-corrected chi connectivity index (χ0v) is 15.8. The number of hydrogen-bond donors (Lipinski definition) is 2. The molecule has 138 valence electrons. The van der Waals surface area contributed by atoms with Gasteiger partial charge in [-0.2, -0.15) is 11.8 Å². The van der Waals surface area contributed by atoms with E-state index in [9.17, 15) is 4.79 Å². The van der Waals surface area contributed by atoms with Crippen LogP contribution in [-0.4, -0.2) is 69.3 Å². The third-order valence-corrected chi connectivity index (χ3v) is 4.23. The van der Waals surface area contributed by atoms with Crippen LogP contribution in [0.25, 0.3) is 0 Å². The van der Waals surface area contributed by atoms with E-state index in [1.165, 1.54) is 4.90 Å². The average molecular weight is 366 g/mol. The van der Waals surface area contributed by atoms with Gasteiger partial charge in [0.25, 0.3) is 0 Å². The molecule has 2 N–H and O–H groups in total. The highest BCUT2D eigenvalue weighted by atomic mass is 32.2. The largest absolute Gasteiger partial charge is 0.454 e. The average Bonchev–Trinajstić information content (AvgIpc) is 3.06. The molecule has 2 rings (SSSR count). The van der Waals surface area contributed by atoms with Crippen LogP contribution in [0.2, 0.25) is 0 Å². The summed E-state index contributed by atoms with van der Waals surface area (Å²) in [7, 11) is 3.46. The molecule has 0 aliphatic carbocycles. The Morgan fingerprint density at radius 2 is 2.00 bits per heavy atom. The summed E-state index contributed by atoms with van der Waals surface area (Å²) in [5, 5.41) is 6.52. The molecule has 0 saturated heterocycles. The summed E-state index contributed by atoms with van der Waals surface area (Å²) in [6, 6.07) is 5.96. The molecule has 0 saturated carbocycles. The van der Waals surface area contributed by atoms with E-state index in [1.54, 1.807) is 25.9 Å². The number of hydrogen-bond acceptors (Lipinski definition) is 5. The molecule has 0 spiro atoms. The number of benzene rings is 1. The van der Waals surface area contributed by atoms with E-state index >= 15 is 0 Å². The highest BCUT2D eigenvalue weighted by Gasteiger charge is 2.13. The van der Waals surface area contributed by atoms with Crippen LogP contribution in [0.4, 0.5) is 0 Å². The number of carbonyl (C=O) groups excluding carboxylic acids is 1. The first-order chi connectivity index (χ1) is 12.1. The van der Waals surface area contributed by atoms with E-state index in [0.717, 1.165) is 35.8 Å². The minimum absolute atomic E-state index is 0.0262. The molecule has 25 heavy (non-hydrogen) atoms. The number of aliphatic imine (C=N–C) groups is 1. The Morgan fingerprint density at radius 3 is 2.76 bits per heavy atom. The predicted octanol–water partition coefficient (Wildman–Crippen LogP) is 0.944. The number of amides is 1. The highest BCUT2D eigenvalue weighted by molar-refractivity contribution is 7.98. The molecule has 0 unspecified atom stereocenters. The first-order valence-corrected chi connectivity index (χ1v) is 9.59. The second kappa shape index (κ2) is 10.0. The molecule has 7 nitrogen and oxygen atoms in total. The minimum atomic E-state index is -0.0262. The van der Waals surface area contributed by atoms with Crippen LogP contribution < -0.4 is 20.1 Å². The second-order valence-electron chi connectivity index (χ2n) is 5.74. The lowest BCUT2D eigenvalue weighted by Crippen LogP contribution is -2.40. The lowest BCUT2D eigenvalue weighted by atomic mass is 10.1. The Morgan fingerprint density at radius 1 is 1.24 bits per heavy atom. The molecule has 8 heteroatoms. The quantitative estimate of drug-likeness (QED) is 0.405. The molecule has 0 radical (unpaired) electrons. The maximum Gasteiger partial charge on any atom is 0.243 e. The molecule has 1 amide bonds. The van der Waals surface area contributed by atoms with E-state index in [1.807, 2.05) is 18.2 Å². The number of carbonyl (C=O) groups is 1. The second-order valence-corrected chi connectivity index (χ2v) is 6.72. The van der Waals surface area contributed by atoms with Crippen molar-refractivity contribution >= 4 is 23.6 Å². The Hall–Kier alpha value is -2.09. The summed E-state index contributed by atoms with van der Waals surface area (Å²) >= 11 is 1.76. The number of nitrogens with one attached hydrogen (secondary N) is 2. The molecule has 1 aromatic rings. The van der Waals surface area contributed by atoms with Gasteiger partial charge < -0.3 is 25.0 Å². The van der Waals surface area contributed by atoms with Crippen LogP contribution >= 0.6 is 11.8 Å². The third-order valence-electron chi connectivity index (χ3n) is 3.61. The van der Waals surface area contributed by atoms with Crippen molar-refractivity contribution in [2.75, 3.05) is 52.5 Å². The molecule has 0 aromatic heterocycles. The molecule has 0 fully saturated rings. The first kappa shape index (κ1) is 19.2. The molecular weight excluding hydrogens is 340 g/mol. The summed E-state index contributed by atoms with van der Waals surface area (Å²) in [6.45, 7) is 1.92. The van der Waals surface area contributed by atoms with Gasteiger partial charge in [0.2, 0.25) is 12.7 Å². The fraction of sp³-hybridized carbons (Fsp3) is 0.529. The minimum Gasteiger partial charge on any atom is -0.454 e. The van der Waals surface area contributed by atoms with E-state index in [2.05, 4.69) is 21.9 Å². The molecule has 0 atom stereocenters. The van der Waals surface area contributed by atoms with Crippen molar-refractivity contribution in [2.24, 2.45) is 4.99 Å². The third kappa shape index (κ3) is 6.38. The van der Waals surface area contributed by atoms with Crippen LogP contribution in [0.5, 0.6) is 11.5 Å². The van der Waals surface area contributed by atoms with Gasteiger partial charge in [0.15, 0.2) is 17.5 Å². The summed E-state index contributed by atoms with van der Waals surface area (Å²) in [4.78, 5) is 17.6. The van der Waals surface area contributed by atoms with E-state index in [0.29, 0.717) is 12.5 Å². The lowest BCUT2D eigenvalue weighted by molar-refractivity contribution is -0.127. The number of ether oxygens (including phenoxy) is 2. The predicted molar refractivity (Wildman–Crippen MR) is 102 cm³/mol. The van der Waals surface area contributed by atoms with Crippen molar-refractivity contribution in [2.45, 2.75) is 6.42 Å². The zero-order valence-electron chi connectivity index (χ0n) is 15.0. The molecule has 1 aliphatic rings. The molecule has 1 aliphatic heterocycles. The SMILES string of the molecule is CSCCNC(=NCC(=O)N(C)C)NCCc1ccc2c(c1)OCO2. The smallest absolute Gasteiger partial charge is 0.243 e. The maximum atomic E-state index is 11.7. The fourth-order valence-corrected chi connectivity index (χ4v) is 2.46. The fourth-order valence-electron chi connectivity index (χ4n) is 2.16. The van der Waals surface area contributed by atoms with Gasteiger partial charge >= 0.3 is 0 Å². The van der Waals surface area contributed by atoms with Crippen LogP contribution in [0.1, 0.15) is 5.56 Å². The summed E-state index contributed by atoms with van der Waals surface area (Å²) in [5.41, 5.74) is 1.16. The van der Waals surface area contributed by atoms with Gasteiger partial charge in [0.1, 0.15) is 6.54 Å². The van der Waals surface area contributed by atoms with Gasteiger partial charge in [-0.3, -0.25) is 4.79 Å². The lowest BCUT2D eigenvalue weighted by Gasteiger charge is -2.13. The van der Waals surface area contributed by atoms with Gasteiger partial charge in [-0.15, -0.1) is 0 Å². The molecule has 0 bridgehead atoms. The highest BCUT2D eigenvalue weighted by Crippen LogP contribution is 2.32.